The maximum atomic E-state index is 12.3. The molecule has 0 aliphatic carbocycles. The number of ketones is 1. The van der Waals surface area contributed by atoms with Crippen molar-refractivity contribution in [2.75, 3.05) is 69.4 Å². The van der Waals surface area contributed by atoms with E-state index >= 15 is 0 Å². The average molecular weight is 1270 g/mol. The van der Waals surface area contributed by atoms with Crippen molar-refractivity contribution >= 4 is 120 Å². The van der Waals surface area contributed by atoms with Crippen LogP contribution in [-0.2, 0) is 43.5 Å². The van der Waals surface area contributed by atoms with Crippen molar-refractivity contribution < 1.29 is 161 Å². The SMILES string of the molecule is CN(C)C=O.O=C(OCc1ccccc1)N1CC(CI)C1.O=C(OCc1ccccc1)N1CC(CN2C(=O)COc3cc(Br)c(Cl)cc32)C1.O=C([O-])[O-].O=C1COc2cc(Br)c(Cl)cc2C1.[K+].[K+]. The molecule has 4 amide bonds. The van der Waals surface area contributed by atoms with Crippen LogP contribution < -0.4 is 127 Å². The Hall–Kier alpha value is -1.56. The fourth-order valence-corrected chi connectivity index (χ4v) is 7.74. The number of carboxylic acid groups (broad SMARTS) is 2. The van der Waals surface area contributed by atoms with Gasteiger partial charge in [0.25, 0.3) is 5.91 Å². The Morgan fingerprint density at radius 1 is 0.765 bits per heavy atom. The molecule has 2 saturated heterocycles. The zero-order valence-corrected chi connectivity index (χ0v) is 50.8. The summed E-state index contributed by atoms with van der Waals surface area (Å²) in [5.41, 5.74) is 3.51. The number of benzene rings is 4. The van der Waals surface area contributed by atoms with E-state index < -0.39 is 6.16 Å². The van der Waals surface area contributed by atoms with E-state index in [1.54, 1.807) is 53.1 Å². The summed E-state index contributed by atoms with van der Waals surface area (Å²) in [5, 5.41) is 17.8. The van der Waals surface area contributed by atoms with Gasteiger partial charge in [-0.1, -0.05) is 106 Å². The Balaban J connectivity index is 0.000000337. The standard InChI is InChI=1S/C20H18BrClN2O4.C12H14INO2.C9H6BrClO2.C3H7NO.CH2O3.2K/c21-15-6-18-17(7-16(15)22)24(19(25)12-27-18)10-14-8-23(9-14)20(26)28-11-13-4-2-1-3-5-13;13-6-11-7-14(8-11)12(15)16-9-10-4-2-1-3-5-10;10-7-3-9-5(2-8(7)11)1-6(12)4-13-9;1-4(2)3-5;2-1(3)4;;/h1-7,14H,8-12H2;1-5,11H,6-9H2;2-3H,1,4H2;3H,1-2H3;(H2,2,3,4);;/q;;;;;2*+1/p-2. The van der Waals surface area contributed by atoms with Crippen LogP contribution in [-0.4, -0.2) is 116 Å². The van der Waals surface area contributed by atoms with Crippen LogP contribution in [0.4, 0.5) is 20.1 Å². The molecular weight excluding hydrogens is 1220 g/mol. The minimum Gasteiger partial charge on any atom is -0.652 e. The molecule has 0 saturated carbocycles. The van der Waals surface area contributed by atoms with E-state index in [1.165, 1.54) is 4.90 Å². The Kier molecular flexibility index (Phi) is 29.9. The minimum absolute atomic E-state index is 0. The molecule has 0 atom stereocenters. The molecule has 0 N–H and O–H groups in total. The van der Waals surface area contributed by atoms with Gasteiger partial charge in [-0.15, -0.1) is 0 Å². The van der Waals surface area contributed by atoms with Crippen LogP contribution in [0.1, 0.15) is 16.7 Å². The Labute approximate surface area is 520 Å². The van der Waals surface area contributed by atoms with E-state index in [-0.39, 0.29) is 152 Å². The van der Waals surface area contributed by atoms with Crippen molar-refractivity contribution in [3.8, 4) is 11.5 Å². The van der Waals surface area contributed by atoms with Crippen LogP contribution in [0.15, 0.2) is 93.9 Å². The van der Waals surface area contributed by atoms with Crippen molar-refractivity contribution in [1.29, 1.82) is 0 Å². The van der Waals surface area contributed by atoms with Crippen LogP contribution >= 0.6 is 77.7 Å². The third kappa shape index (κ3) is 21.3. The number of rotatable bonds is 8. The number of likely N-dealkylation sites (tertiary alicyclic amines) is 2. The summed E-state index contributed by atoms with van der Waals surface area (Å²) in [6.45, 7) is 4.09. The van der Waals surface area contributed by atoms with Gasteiger partial charge >= 0.3 is 115 Å². The predicted octanol–water partition coefficient (Wildman–Crippen LogP) is 0.658. The first-order chi connectivity index (χ1) is 31.5. The molecule has 4 heterocycles. The first-order valence-electron chi connectivity index (χ1n) is 20.0. The molecule has 4 aromatic rings. The molecule has 0 unspecified atom stereocenters. The quantitative estimate of drug-likeness (QED) is 0.104. The topological polar surface area (TPSA) is 198 Å². The third-order valence-corrected chi connectivity index (χ3v) is 13.2. The summed E-state index contributed by atoms with van der Waals surface area (Å²) < 4.78 is 23.9. The molecule has 2 fully saturated rings. The molecule has 4 aromatic carbocycles. The number of Topliss-reactive ketones (excluding diaryl/α,β-unsaturated/α-hetero) is 1. The maximum absolute atomic E-state index is 12.3. The van der Waals surface area contributed by atoms with Gasteiger partial charge in [0.2, 0.25) is 6.41 Å². The molecule has 0 aromatic heterocycles. The van der Waals surface area contributed by atoms with Crippen molar-refractivity contribution in [1.82, 2.24) is 14.7 Å². The van der Waals surface area contributed by atoms with Crippen molar-refractivity contribution in [2.45, 2.75) is 19.6 Å². The number of hydrogen-bond donors (Lipinski definition) is 0. The third-order valence-electron chi connectivity index (χ3n) is 9.54. The van der Waals surface area contributed by atoms with Gasteiger partial charge in [-0.2, -0.15) is 0 Å². The summed E-state index contributed by atoms with van der Waals surface area (Å²) >= 11 is 21.1. The predicted molar refractivity (Wildman–Crippen MR) is 258 cm³/mol. The minimum atomic E-state index is -2.33. The van der Waals surface area contributed by atoms with Crippen molar-refractivity contribution in [3.63, 3.8) is 0 Å². The fraction of sp³-hybridized carbons (Fsp3) is 0.333. The largest absolute Gasteiger partial charge is 1.00 e. The summed E-state index contributed by atoms with van der Waals surface area (Å²) in [4.78, 5) is 71.4. The van der Waals surface area contributed by atoms with E-state index in [1.807, 2.05) is 60.7 Å². The molecule has 4 aliphatic heterocycles. The summed E-state index contributed by atoms with van der Waals surface area (Å²) in [7, 11) is 3.38. The Morgan fingerprint density at radius 3 is 1.68 bits per heavy atom. The second-order valence-corrected chi connectivity index (χ2v) is 18.4. The maximum Gasteiger partial charge on any atom is 1.00 e. The zero-order valence-electron chi connectivity index (χ0n) is 37.7. The molecule has 354 valence electrons. The zero-order chi connectivity index (χ0) is 48.3. The van der Waals surface area contributed by atoms with E-state index in [9.17, 15) is 24.0 Å². The van der Waals surface area contributed by atoms with Gasteiger partial charge in [0, 0.05) is 84.0 Å². The molecule has 23 heteroatoms. The molecule has 8 rings (SSSR count). The number of alkyl halides is 1. The van der Waals surface area contributed by atoms with Gasteiger partial charge in [0.15, 0.2) is 12.4 Å². The average Bonchev–Trinajstić information content (AvgIpc) is 3.26. The van der Waals surface area contributed by atoms with Crippen molar-refractivity contribution in [2.24, 2.45) is 11.8 Å². The van der Waals surface area contributed by atoms with Gasteiger partial charge in [-0.05, 0) is 73.4 Å². The van der Waals surface area contributed by atoms with Crippen LogP contribution in [0.2, 0.25) is 10.0 Å². The second-order valence-electron chi connectivity index (χ2n) is 15.0. The van der Waals surface area contributed by atoms with E-state index in [0.29, 0.717) is 60.1 Å². The summed E-state index contributed by atoms with van der Waals surface area (Å²) in [6, 6.07) is 26.4. The van der Waals surface area contributed by atoms with E-state index in [0.717, 1.165) is 55.3 Å². The molecular formula is C45H45Br2Cl2IK2N4O12. The molecule has 68 heavy (non-hydrogen) atoms. The second kappa shape index (κ2) is 32.5. The number of carbonyl (C=O) groups excluding carboxylic acids is 6. The summed E-state index contributed by atoms with van der Waals surface area (Å²) in [6.07, 6.45) is -1.69. The molecule has 16 nitrogen and oxygen atoms in total. The smallest absolute Gasteiger partial charge is 0.652 e. The van der Waals surface area contributed by atoms with E-state index in [4.69, 9.17) is 57.2 Å². The molecule has 0 spiro atoms. The number of fused-ring (bicyclic) bond motifs is 2. The van der Waals surface area contributed by atoms with Crippen LogP contribution in [0, 0.1) is 11.8 Å². The number of anilines is 1. The number of hydrogen-bond acceptors (Lipinski definition) is 12. The van der Waals surface area contributed by atoms with Gasteiger partial charge < -0.3 is 53.6 Å². The number of halogens is 5. The fourth-order valence-electron chi connectivity index (χ4n) is 6.19. The van der Waals surface area contributed by atoms with Gasteiger partial charge in [0.1, 0.15) is 31.3 Å². The normalized spacial score (nSPS) is 14.1. The number of amides is 4. The van der Waals surface area contributed by atoms with Gasteiger partial charge in [-0.25, -0.2) is 9.59 Å². The van der Waals surface area contributed by atoms with E-state index in [2.05, 4.69) is 54.5 Å². The molecule has 4 aliphatic rings. The van der Waals surface area contributed by atoms with Crippen molar-refractivity contribution in [3.05, 3.63) is 121 Å². The molecule has 0 radical (unpaired) electrons. The van der Waals surface area contributed by atoms with Crippen LogP contribution in [0.5, 0.6) is 11.5 Å². The Bertz CT molecular complexity index is 2300. The number of ether oxygens (including phenoxy) is 4. The number of nitrogens with zero attached hydrogens (tertiary/aromatic N) is 4. The Morgan fingerprint density at radius 2 is 1.21 bits per heavy atom. The molecule has 0 bridgehead atoms. The monoisotopic (exact) mass is 1270 g/mol. The van der Waals surface area contributed by atoms with Gasteiger partial charge in [0.05, 0.1) is 15.7 Å². The van der Waals surface area contributed by atoms with Crippen LogP contribution in [0.3, 0.4) is 0 Å². The number of carbonyl (C=O) groups is 6. The van der Waals surface area contributed by atoms with Crippen LogP contribution in [0.25, 0.3) is 0 Å². The first kappa shape index (κ1) is 62.6. The first-order valence-corrected chi connectivity index (χ1v) is 23.9. The summed E-state index contributed by atoms with van der Waals surface area (Å²) in [5.74, 6) is 2.18. The van der Waals surface area contributed by atoms with Gasteiger partial charge in [-0.3, -0.25) is 14.4 Å².